The Morgan fingerprint density at radius 2 is 2.07 bits per heavy atom. The maximum Gasteiger partial charge on any atom is 0.0655 e. The van der Waals surface area contributed by atoms with E-state index in [-0.39, 0.29) is 5.54 Å². The molecule has 1 atom stereocenters. The lowest BCUT2D eigenvalue weighted by Crippen LogP contribution is -2.16. The third-order valence-corrected chi connectivity index (χ3v) is 2.98. The molecule has 0 amide bonds. The van der Waals surface area contributed by atoms with Crippen molar-refractivity contribution < 1.29 is 0 Å². The van der Waals surface area contributed by atoms with Crippen molar-refractivity contribution in [2.24, 2.45) is 10.9 Å². The molecule has 0 aromatic carbocycles. The van der Waals surface area contributed by atoms with E-state index >= 15 is 0 Å². The first-order chi connectivity index (χ1) is 6.52. The highest BCUT2D eigenvalue weighted by atomic mass is 79.9. The Balaban J connectivity index is 3.67. The van der Waals surface area contributed by atoms with E-state index in [9.17, 15) is 0 Å². The van der Waals surface area contributed by atoms with Crippen LogP contribution < -0.4 is 0 Å². The second kappa shape index (κ2) is 7.56. The molecule has 0 aliphatic rings. The first-order valence-corrected chi connectivity index (χ1v) is 6.70. The molecule has 82 valence electrons. The molecule has 0 heterocycles. The fraction of sp³-hybridized carbons (Fsp3) is 0.909. The number of halogens is 1. The van der Waals surface area contributed by atoms with Gasteiger partial charge in [0.25, 0.3) is 0 Å². The Bertz CT molecular complexity index is 197. The van der Waals surface area contributed by atoms with Gasteiger partial charge in [-0.2, -0.15) is 0 Å². The number of nitrogens with zero attached hydrogens (tertiary/aromatic N) is 1. The molecule has 0 aromatic heterocycles. The van der Waals surface area contributed by atoms with Gasteiger partial charge < -0.3 is 0 Å². The number of rotatable bonds is 7. The highest BCUT2D eigenvalue weighted by Gasteiger charge is 2.15. The predicted molar refractivity (Wildman–Crippen MR) is 70.5 cm³/mol. The third kappa shape index (κ3) is 7.66. The number of alkyl halides is 1. The van der Waals surface area contributed by atoms with Crippen LogP contribution >= 0.6 is 28.1 Å². The summed E-state index contributed by atoms with van der Waals surface area (Å²) in [6.45, 7) is 6.53. The van der Waals surface area contributed by atoms with Gasteiger partial charge in [-0.1, -0.05) is 35.7 Å². The summed E-state index contributed by atoms with van der Waals surface area (Å²) in [5.74, 6) is 0.807. The van der Waals surface area contributed by atoms with Crippen LogP contribution in [0.15, 0.2) is 4.99 Å². The van der Waals surface area contributed by atoms with Crippen molar-refractivity contribution in [1.29, 1.82) is 0 Å². The van der Waals surface area contributed by atoms with Gasteiger partial charge in [0.05, 0.1) is 10.7 Å². The van der Waals surface area contributed by atoms with Crippen LogP contribution in [0.2, 0.25) is 0 Å². The van der Waals surface area contributed by atoms with Crippen LogP contribution in [0.1, 0.15) is 46.5 Å². The van der Waals surface area contributed by atoms with Crippen LogP contribution in [0.3, 0.4) is 0 Å². The Morgan fingerprint density at radius 1 is 1.43 bits per heavy atom. The Kier molecular flexibility index (Phi) is 7.71. The van der Waals surface area contributed by atoms with Crippen molar-refractivity contribution in [3.63, 3.8) is 0 Å². The number of hydrogen-bond acceptors (Lipinski definition) is 2. The first-order valence-electron chi connectivity index (χ1n) is 5.17. The largest absolute Gasteiger partial charge is 0.226 e. The van der Waals surface area contributed by atoms with E-state index in [0.717, 1.165) is 17.7 Å². The summed E-state index contributed by atoms with van der Waals surface area (Å²) in [5, 5.41) is 3.58. The van der Waals surface area contributed by atoms with Gasteiger partial charge in [0.15, 0.2) is 0 Å². The summed E-state index contributed by atoms with van der Waals surface area (Å²) in [7, 11) is 0. The first kappa shape index (κ1) is 14.3. The van der Waals surface area contributed by atoms with Crippen molar-refractivity contribution in [1.82, 2.24) is 0 Å². The van der Waals surface area contributed by atoms with Gasteiger partial charge in [0, 0.05) is 5.33 Å². The van der Waals surface area contributed by atoms with E-state index in [1.807, 2.05) is 0 Å². The normalized spacial score (nSPS) is 13.4. The van der Waals surface area contributed by atoms with E-state index in [2.05, 4.69) is 59.1 Å². The van der Waals surface area contributed by atoms with Crippen molar-refractivity contribution in [2.45, 2.75) is 52.0 Å². The Labute approximate surface area is 102 Å². The minimum absolute atomic E-state index is 0.0180. The molecule has 3 heteroatoms. The lowest BCUT2D eigenvalue weighted by molar-refractivity contribution is 0.413. The van der Waals surface area contributed by atoms with Gasteiger partial charge in [-0.15, -0.1) is 0 Å². The molecule has 0 saturated heterocycles. The summed E-state index contributed by atoms with van der Waals surface area (Å²) in [6, 6.07) is 0. The molecular weight excluding hydrogens is 258 g/mol. The van der Waals surface area contributed by atoms with E-state index in [0.29, 0.717) is 0 Å². The topological polar surface area (TPSA) is 12.4 Å². The molecule has 0 aromatic rings. The number of isothiocyanates is 1. The zero-order valence-electron chi connectivity index (χ0n) is 9.35. The minimum Gasteiger partial charge on any atom is -0.226 e. The van der Waals surface area contributed by atoms with Crippen LogP contribution in [-0.2, 0) is 0 Å². The van der Waals surface area contributed by atoms with Gasteiger partial charge in [0.2, 0.25) is 0 Å². The smallest absolute Gasteiger partial charge is 0.0655 e. The average Bonchev–Trinajstić information content (AvgIpc) is 2.03. The van der Waals surface area contributed by atoms with Gasteiger partial charge >= 0.3 is 0 Å². The number of thiocarbonyl (C=S) groups is 1. The second-order valence-electron chi connectivity index (χ2n) is 4.49. The summed E-state index contributed by atoms with van der Waals surface area (Å²) < 4.78 is 0. The molecule has 14 heavy (non-hydrogen) atoms. The molecular formula is C11H20BrNS. The molecule has 0 rings (SSSR count). The van der Waals surface area contributed by atoms with Crippen LogP contribution in [0.25, 0.3) is 0 Å². The SMILES string of the molecule is CC(CCBr)CCCC(C)(C)N=C=S. The van der Waals surface area contributed by atoms with Gasteiger partial charge in [-0.3, -0.25) is 0 Å². The molecule has 0 radical (unpaired) electrons. The van der Waals surface area contributed by atoms with E-state index in [1.165, 1.54) is 19.3 Å². The summed E-state index contributed by atoms with van der Waals surface area (Å²) >= 11 is 8.08. The molecule has 0 saturated carbocycles. The summed E-state index contributed by atoms with van der Waals surface area (Å²) in [6.07, 6.45) is 4.86. The molecule has 0 aliphatic heterocycles. The third-order valence-electron chi connectivity index (χ3n) is 2.44. The lowest BCUT2D eigenvalue weighted by Gasteiger charge is -2.18. The van der Waals surface area contributed by atoms with E-state index in [1.54, 1.807) is 0 Å². The van der Waals surface area contributed by atoms with Crippen LogP contribution in [0.4, 0.5) is 0 Å². The van der Waals surface area contributed by atoms with E-state index in [4.69, 9.17) is 0 Å². The quantitative estimate of drug-likeness (QED) is 0.380. The Morgan fingerprint density at radius 3 is 2.57 bits per heavy atom. The van der Waals surface area contributed by atoms with Gasteiger partial charge in [-0.05, 0) is 44.8 Å². The highest BCUT2D eigenvalue weighted by molar-refractivity contribution is 9.09. The van der Waals surface area contributed by atoms with Crippen LogP contribution in [0.5, 0.6) is 0 Å². The van der Waals surface area contributed by atoms with Crippen molar-refractivity contribution in [3.8, 4) is 0 Å². The van der Waals surface area contributed by atoms with Crippen molar-refractivity contribution in [3.05, 3.63) is 0 Å². The lowest BCUT2D eigenvalue weighted by atomic mass is 9.94. The maximum atomic E-state index is 4.62. The molecule has 0 aliphatic carbocycles. The molecule has 0 N–H and O–H groups in total. The molecule has 1 unspecified atom stereocenters. The van der Waals surface area contributed by atoms with Crippen LogP contribution in [-0.4, -0.2) is 16.0 Å². The maximum absolute atomic E-state index is 4.62. The summed E-state index contributed by atoms with van der Waals surface area (Å²) in [5.41, 5.74) is -0.0180. The van der Waals surface area contributed by atoms with Gasteiger partial charge in [0.1, 0.15) is 0 Å². The number of hydrogen-bond donors (Lipinski definition) is 0. The van der Waals surface area contributed by atoms with Gasteiger partial charge in [-0.25, -0.2) is 4.99 Å². The van der Waals surface area contributed by atoms with Crippen molar-refractivity contribution >= 4 is 33.3 Å². The summed E-state index contributed by atoms with van der Waals surface area (Å²) in [4.78, 5) is 4.15. The standard InChI is InChI=1S/C11H20BrNS/c1-10(6-8-12)5-4-7-11(2,3)13-9-14/h10H,4-8H2,1-3H3. The molecule has 0 spiro atoms. The molecule has 0 bridgehead atoms. The minimum atomic E-state index is -0.0180. The fourth-order valence-corrected chi connectivity index (χ4v) is 2.42. The number of aliphatic imine (C=N–C) groups is 1. The van der Waals surface area contributed by atoms with Crippen molar-refractivity contribution in [2.75, 3.05) is 5.33 Å². The molecule has 0 fully saturated rings. The highest BCUT2D eigenvalue weighted by Crippen LogP contribution is 2.20. The molecule has 1 nitrogen and oxygen atoms in total. The average molecular weight is 278 g/mol. The van der Waals surface area contributed by atoms with E-state index < -0.39 is 0 Å². The zero-order chi connectivity index (χ0) is 11.0. The monoisotopic (exact) mass is 277 g/mol. The predicted octanol–water partition coefficient (Wildman–Crippen LogP) is 4.46. The zero-order valence-corrected chi connectivity index (χ0v) is 11.7. The van der Waals surface area contributed by atoms with Crippen LogP contribution in [0, 0.1) is 5.92 Å². The Hall–Kier alpha value is 0.280. The fourth-order valence-electron chi connectivity index (χ4n) is 1.39. The second-order valence-corrected chi connectivity index (χ2v) is 5.47.